The van der Waals surface area contributed by atoms with E-state index >= 15 is 0 Å². The van der Waals surface area contributed by atoms with E-state index < -0.39 is 31.1 Å². The summed E-state index contributed by atoms with van der Waals surface area (Å²) >= 11 is 0. The molecule has 4 aromatic rings. The van der Waals surface area contributed by atoms with E-state index in [0.717, 1.165) is 68.1 Å². The first-order valence-electron chi connectivity index (χ1n) is 23.2. The molecule has 19 nitrogen and oxygen atoms in total. The van der Waals surface area contributed by atoms with Gasteiger partial charge in [0.25, 0.3) is 5.56 Å². The van der Waals surface area contributed by atoms with Crippen molar-refractivity contribution in [2.45, 2.75) is 106 Å². The molecule has 0 bridgehead atoms. The van der Waals surface area contributed by atoms with Crippen molar-refractivity contribution in [1.82, 2.24) is 36.3 Å². The van der Waals surface area contributed by atoms with Crippen molar-refractivity contribution in [3.8, 4) is 11.4 Å². The number of amides is 3. The number of hydrogen-bond donors (Lipinski definition) is 9. The second kappa shape index (κ2) is 41.3. The van der Waals surface area contributed by atoms with Crippen molar-refractivity contribution >= 4 is 35.9 Å². The van der Waals surface area contributed by atoms with Crippen LogP contribution in [0.1, 0.15) is 105 Å². The number of primary amides is 1. The number of hydroxylamine groups is 1. The Labute approximate surface area is 463 Å². The molecule has 23 heteroatoms. The molecule has 1 aliphatic carbocycles. The number of carbonyl (C=O) groups is 4. The van der Waals surface area contributed by atoms with Crippen LogP contribution in [0.15, 0.2) is 47.3 Å². The van der Waals surface area contributed by atoms with Crippen molar-refractivity contribution in [3.63, 3.8) is 0 Å². The molecule has 2 aromatic carbocycles. The Morgan fingerprint density at radius 2 is 1.62 bits per heavy atom. The minimum atomic E-state index is -1.27. The van der Waals surface area contributed by atoms with Crippen molar-refractivity contribution in [2.75, 3.05) is 53.3 Å². The first-order valence-corrected chi connectivity index (χ1v) is 23.2. The topological polar surface area (TPSA) is 293 Å². The van der Waals surface area contributed by atoms with Crippen LogP contribution in [-0.2, 0) is 49.9 Å². The third kappa shape index (κ3) is 24.8. The minimum Gasteiger partial charge on any atom is -0.648 e. The summed E-state index contributed by atoms with van der Waals surface area (Å²) in [5.41, 5.74) is 18.5. The van der Waals surface area contributed by atoms with Crippen molar-refractivity contribution in [1.29, 1.82) is 0 Å². The third-order valence-corrected chi connectivity index (χ3v) is 10.7. The van der Waals surface area contributed by atoms with Crippen molar-refractivity contribution in [2.24, 2.45) is 17.4 Å². The number of nitrogens with two attached hydrogens (primary N) is 2. The molecule has 2 heterocycles. The maximum Gasteiger partial charge on any atom is 1.00 e. The number of pyridine rings is 2. The van der Waals surface area contributed by atoms with E-state index in [1.807, 2.05) is 20.6 Å². The Morgan fingerprint density at radius 1 is 1.01 bits per heavy atom. The molecule has 2 aromatic heterocycles. The zero-order valence-corrected chi connectivity index (χ0v) is 46.3. The Hall–Kier alpha value is -4.05. The summed E-state index contributed by atoms with van der Waals surface area (Å²) in [5.74, 6) is -0.755. The number of halogens is 3. The van der Waals surface area contributed by atoms with E-state index in [1.165, 1.54) is 18.1 Å². The van der Waals surface area contributed by atoms with Gasteiger partial charge >= 0.3 is 51.4 Å². The molecule has 0 aliphatic heterocycles. The number of nitrogens with zero attached hydrogens (tertiary/aromatic N) is 4. The molecule has 1 aliphatic rings. The van der Waals surface area contributed by atoms with E-state index in [2.05, 4.69) is 52.9 Å². The number of carbonyl (C=O) groups excluding carboxylic acids is 4. The fraction of sp³-hybridized carbons (Fsp3) is 0.510. The fourth-order valence-corrected chi connectivity index (χ4v) is 6.86. The Morgan fingerprint density at radius 3 is 2.18 bits per heavy atom. The molecule has 11 N–H and O–H groups in total. The van der Waals surface area contributed by atoms with Gasteiger partial charge in [0.2, 0.25) is 18.2 Å². The average Bonchev–Trinajstić information content (AvgIpc) is 3.37. The van der Waals surface area contributed by atoms with Gasteiger partial charge in [0.15, 0.2) is 0 Å². The number of aryl methyl sites for hydroxylation is 2. The van der Waals surface area contributed by atoms with Crippen LogP contribution in [0, 0.1) is 25.6 Å². The number of benzene rings is 2. The quantitative estimate of drug-likeness (QED) is 0.0136. The van der Waals surface area contributed by atoms with Gasteiger partial charge in [-0.25, -0.2) is 14.9 Å². The zero-order chi connectivity index (χ0) is 53.9. The van der Waals surface area contributed by atoms with Gasteiger partial charge in [-0.15, -0.1) is 20.6 Å². The summed E-state index contributed by atoms with van der Waals surface area (Å²) in [6.45, 7) is 13.7. The van der Waals surface area contributed by atoms with Gasteiger partial charge in [0.05, 0.1) is 23.5 Å². The monoisotopic (exact) mass is 1040 g/mol. The Kier molecular flexibility index (Phi) is 40.2. The van der Waals surface area contributed by atoms with Gasteiger partial charge in [-0.1, -0.05) is 77.0 Å². The fourth-order valence-electron chi connectivity index (χ4n) is 6.86. The van der Waals surface area contributed by atoms with Crippen LogP contribution in [0.3, 0.4) is 0 Å². The van der Waals surface area contributed by atoms with Crippen LogP contribution in [0.25, 0.3) is 27.6 Å². The van der Waals surface area contributed by atoms with E-state index in [-0.39, 0.29) is 112 Å². The number of aromatic nitrogens is 2. The van der Waals surface area contributed by atoms with Crippen molar-refractivity contribution < 1.29 is 104 Å². The molecular weight excluding hydrogens is 969 g/mol. The standard InChI is InChI=1S/C21H22FN3O2.C20H33F2N6O4.C5H12.CH3NO.CH4O.CH2O.K/c1-10-13-4-3-5-14-11(2)20(24-17(19(13)14)7-16(10)22)18-6-12(8-23)15(9-26)21(27)25-18;1-2-32-16-24-18(29)14-28(22)20(17-9-5-3-6-10-17)26-19(30)13-27(21)15-23-11-7-4-8-12-25-31;1-4-5(2)3;2-1-3;2*1-2;/h6-7,26H,3-5,8-9,23H2,1-2H3,(H,25,27);3,5-6,9-10,20,25,31H,2,4,7-8,11-16H2,1H3,(H,24,29)(H,26,30);5H,4H2,1-3H3;1H,(H2,2,3);2H,1H3;1H2;/q;-1;;;;;+1. The summed E-state index contributed by atoms with van der Waals surface area (Å²) in [6.07, 6.45) is 5.34. The summed E-state index contributed by atoms with van der Waals surface area (Å²) in [5, 5.41) is 35.2. The number of nitrogens with one attached hydrogen (secondary N) is 4. The second-order valence-electron chi connectivity index (χ2n) is 15.9. The molecule has 0 saturated heterocycles. The first-order chi connectivity index (χ1) is 34.1. The molecule has 5 rings (SSSR count). The maximum atomic E-state index is 14.8. The molecule has 1 atom stereocenters. The van der Waals surface area contributed by atoms with Crippen LogP contribution in [0.5, 0.6) is 0 Å². The van der Waals surface area contributed by atoms with Crippen LogP contribution in [0.2, 0.25) is 0 Å². The van der Waals surface area contributed by atoms with Gasteiger partial charge < -0.3 is 57.4 Å². The molecule has 72 heavy (non-hydrogen) atoms. The van der Waals surface area contributed by atoms with Crippen LogP contribution >= 0.6 is 0 Å². The van der Waals surface area contributed by atoms with Gasteiger partial charge in [-0.05, 0) is 91.8 Å². The Balaban J connectivity index is 0. The van der Waals surface area contributed by atoms with Crippen LogP contribution < -0.4 is 84.5 Å². The molecule has 398 valence electrons. The number of ether oxygens (including phenoxy) is 1. The summed E-state index contributed by atoms with van der Waals surface area (Å²) < 4.78 is 48.1. The SMILES string of the molecule is C=O.CCC(C)C.CCOCNC(=O)CN(F)C(NC(=O)CN(F)C[N-]CCCCCNO)c1ccccc1.CO.Cc1c(F)cc2nc(-c3cc(CN)c(CO)c(=O)[nH]3)c(C)c3c2c1CCC3.NC=O.[K+]. The normalized spacial score (nSPS) is 11.4. The number of H-pyrrole nitrogens is 1. The summed E-state index contributed by atoms with van der Waals surface area (Å²) in [7, 11) is 1.00. The summed E-state index contributed by atoms with van der Waals surface area (Å²) in [6, 6.07) is 11.5. The molecule has 0 fully saturated rings. The second-order valence-corrected chi connectivity index (χ2v) is 15.9. The van der Waals surface area contributed by atoms with Gasteiger partial charge in [-0.2, -0.15) is 5.12 Å². The Bertz CT molecular complexity index is 2220. The largest absolute Gasteiger partial charge is 1.00 e. The molecular formula is C49H76F3KN10O9. The van der Waals surface area contributed by atoms with Crippen LogP contribution in [-0.4, -0.2) is 114 Å². The maximum absolute atomic E-state index is 14.8. The average molecular weight is 1050 g/mol. The third-order valence-electron chi connectivity index (χ3n) is 10.7. The molecule has 0 spiro atoms. The number of unbranched alkanes of at least 4 members (excludes halogenated alkanes) is 2. The van der Waals surface area contributed by atoms with Crippen LogP contribution in [0.4, 0.5) is 13.4 Å². The molecule has 3 amide bonds. The molecule has 1 unspecified atom stereocenters. The van der Waals surface area contributed by atoms with E-state index in [4.69, 9.17) is 35.4 Å². The number of aliphatic hydroxyl groups is 2. The number of aliphatic hydroxyl groups excluding tert-OH is 2. The number of rotatable bonds is 22. The molecule has 0 radical (unpaired) electrons. The predicted octanol–water partition coefficient (Wildman–Crippen LogP) is 2.13. The van der Waals surface area contributed by atoms with E-state index in [9.17, 15) is 32.8 Å². The van der Waals surface area contributed by atoms with Crippen molar-refractivity contribution in [3.05, 3.63) is 103 Å². The number of aromatic amines is 1. The summed E-state index contributed by atoms with van der Waals surface area (Å²) in [4.78, 5) is 60.6. The predicted molar refractivity (Wildman–Crippen MR) is 268 cm³/mol. The molecule has 0 saturated carbocycles. The smallest absolute Gasteiger partial charge is 0.648 e. The van der Waals surface area contributed by atoms with Gasteiger partial charge in [0.1, 0.15) is 38.6 Å². The van der Waals surface area contributed by atoms with E-state index in [0.29, 0.717) is 53.3 Å². The minimum absolute atomic E-state index is 0. The first kappa shape index (κ1) is 70.0. The van der Waals surface area contributed by atoms with Gasteiger partial charge in [0, 0.05) is 43.8 Å². The van der Waals surface area contributed by atoms with E-state index in [1.54, 1.807) is 43.3 Å². The zero-order valence-electron chi connectivity index (χ0n) is 43.2. The number of hydrogen-bond acceptors (Lipinski definition) is 14. The van der Waals surface area contributed by atoms with Gasteiger partial charge in [-0.3, -0.25) is 19.2 Å².